The number of aryl methyl sites for hydroxylation is 1. The van der Waals surface area contributed by atoms with Crippen LogP contribution in [0, 0.1) is 10.5 Å². The van der Waals surface area contributed by atoms with Gasteiger partial charge in [0.1, 0.15) is 5.76 Å². The Balaban J connectivity index is 2.53. The highest BCUT2D eigenvalue weighted by molar-refractivity contribution is 14.1. The van der Waals surface area contributed by atoms with E-state index in [1.807, 2.05) is 12.1 Å². The van der Waals surface area contributed by atoms with Crippen LogP contribution in [0.5, 0.6) is 0 Å². The second-order valence-electron chi connectivity index (χ2n) is 2.97. The first kappa shape index (κ1) is 8.81. The van der Waals surface area contributed by atoms with Crippen molar-refractivity contribution in [3.05, 3.63) is 45.7 Å². The first-order chi connectivity index (χ1) is 6.27. The van der Waals surface area contributed by atoms with E-state index in [1.165, 1.54) is 5.56 Å². The Morgan fingerprint density at radius 3 is 2.69 bits per heavy atom. The van der Waals surface area contributed by atoms with Crippen molar-refractivity contribution in [1.29, 1.82) is 0 Å². The molecule has 0 spiro atoms. The van der Waals surface area contributed by atoms with Crippen LogP contribution in [0.15, 0.2) is 41.0 Å². The summed E-state index contributed by atoms with van der Waals surface area (Å²) in [4.78, 5) is 0. The summed E-state index contributed by atoms with van der Waals surface area (Å²) in [6, 6.07) is 10.3. The molecule has 66 valence electrons. The molecule has 0 saturated carbocycles. The van der Waals surface area contributed by atoms with E-state index >= 15 is 0 Å². The lowest BCUT2D eigenvalue weighted by atomic mass is 10.1. The van der Waals surface area contributed by atoms with E-state index in [2.05, 4.69) is 47.7 Å². The molecule has 1 aromatic carbocycles. The predicted molar refractivity (Wildman–Crippen MR) is 61.6 cm³/mol. The van der Waals surface area contributed by atoms with Crippen molar-refractivity contribution < 1.29 is 4.42 Å². The Hall–Kier alpha value is -0.770. The van der Waals surface area contributed by atoms with E-state index in [0.29, 0.717) is 0 Å². The van der Waals surface area contributed by atoms with Gasteiger partial charge in [0.25, 0.3) is 0 Å². The Morgan fingerprint density at radius 2 is 2.08 bits per heavy atom. The van der Waals surface area contributed by atoms with Gasteiger partial charge in [0, 0.05) is 5.56 Å². The van der Waals surface area contributed by atoms with Gasteiger partial charge in [-0.25, -0.2) is 0 Å². The molecule has 2 heteroatoms. The number of hydrogen-bond donors (Lipinski definition) is 0. The molecular formula is C11H9IO. The SMILES string of the molecule is Cc1cccc(-c2occc2I)c1. The fourth-order valence-corrected chi connectivity index (χ4v) is 1.87. The number of hydrogen-bond acceptors (Lipinski definition) is 1. The maximum atomic E-state index is 5.40. The Bertz CT molecular complexity index is 418. The number of benzene rings is 1. The summed E-state index contributed by atoms with van der Waals surface area (Å²) in [5.74, 6) is 0.962. The van der Waals surface area contributed by atoms with Crippen LogP contribution in [0.3, 0.4) is 0 Å². The van der Waals surface area contributed by atoms with Gasteiger partial charge in [0.05, 0.1) is 9.83 Å². The molecule has 0 amide bonds. The van der Waals surface area contributed by atoms with Crippen molar-refractivity contribution in [3.8, 4) is 11.3 Å². The van der Waals surface area contributed by atoms with Gasteiger partial charge in [-0.2, -0.15) is 0 Å². The average molecular weight is 284 g/mol. The lowest BCUT2D eigenvalue weighted by Gasteiger charge is -1.98. The number of rotatable bonds is 1. The van der Waals surface area contributed by atoms with Crippen LogP contribution in [0.4, 0.5) is 0 Å². The maximum absolute atomic E-state index is 5.40. The molecule has 2 aromatic rings. The molecule has 0 fully saturated rings. The minimum Gasteiger partial charge on any atom is -0.463 e. The van der Waals surface area contributed by atoms with E-state index in [4.69, 9.17) is 4.42 Å². The lowest BCUT2D eigenvalue weighted by Crippen LogP contribution is -1.78. The van der Waals surface area contributed by atoms with Crippen molar-refractivity contribution in [2.24, 2.45) is 0 Å². The van der Waals surface area contributed by atoms with E-state index < -0.39 is 0 Å². The van der Waals surface area contributed by atoms with Crippen LogP contribution in [0.2, 0.25) is 0 Å². The zero-order valence-corrected chi connectivity index (χ0v) is 9.41. The summed E-state index contributed by atoms with van der Waals surface area (Å²) in [5.41, 5.74) is 2.40. The Kier molecular flexibility index (Phi) is 2.40. The zero-order valence-electron chi connectivity index (χ0n) is 7.25. The van der Waals surface area contributed by atoms with Crippen LogP contribution in [0.25, 0.3) is 11.3 Å². The fraction of sp³-hybridized carbons (Fsp3) is 0.0909. The molecule has 0 aliphatic rings. The smallest absolute Gasteiger partial charge is 0.147 e. The lowest BCUT2D eigenvalue weighted by molar-refractivity contribution is 0.581. The van der Waals surface area contributed by atoms with Crippen molar-refractivity contribution in [2.45, 2.75) is 6.92 Å². The summed E-state index contributed by atoms with van der Waals surface area (Å²) >= 11 is 2.28. The second-order valence-corrected chi connectivity index (χ2v) is 4.13. The molecule has 0 N–H and O–H groups in total. The molecule has 1 aromatic heterocycles. The normalized spacial score (nSPS) is 10.3. The first-order valence-electron chi connectivity index (χ1n) is 4.07. The van der Waals surface area contributed by atoms with Crippen molar-refractivity contribution >= 4 is 22.6 Å². The van der Waals surface area contributed by atoms with Gasteiger partial charge in [0.2, 0.25) is 0 Å². The van der Waals surface area contributed by atoms with Gasteiger partial charge in [-0.1, -0.05) is 23.8 Å². The molecule has 0 unspecified atom stereocenters. The monoisotopic (exact) mass is 284 g/mol. The van der Waals surface area contributed by atoms with E-state index in [9.17, 15) is 0 Å². The molecule has 0 aliphatic heterocycles. The summed E-state index contributed by atoms with van der Waals surface area (Å²) < 4.78 is 6.55. The molecule has 0 bridgehead atoms. The molecule has 0 saturated heterocycles. The van der Waals surface area contributed by atoms with Crippen molar-refractivity contribution in [3.63, 3.8) is 0 Å². The maximum Gasteiger partial charge on any atom is 0.147 e. The summed E-state index contributed by atoms with van der Waals surface area (Å²) in [6.45, 7) is 2.08. The number of furan rings is 1. The largest absolute Gasteiger partial charge is 0.463 e. The van der Waals surface area contributed by atoms with Gasteiger partial charge in [-0.05, 0) is 41.6 Å². The number of halogens is 1. The fourth-order valence-electron chi connectivity index (χ4n) is 1.29. The molecule has 1 nitrogen and oxygen atoms in total. The van der Waals surface area contributed by atoms with Gasteiger partial charge in [-0.15, -0.1) is 0 Å². The third-order valence-electron chi connectivity index (χ3n) is 1.90. The highest BCUT2D eigenvalue weighted by Crippen LogP contribution is 2.26. The minimum atomic E-state index is 0.962. The average Bonchev–Trinajstić information content (AvgIpc) is 2.51. The van der Waals surface area contributed by atoms with E-state index in [1.54, 1.807) is 6.26 Å². The molecule has 0 radical (unpaired) electrons. The van der Waals surface area contributed by atoms with Gasteiger partial charge in [-0.3, -0.25) is 0 Å². The molecule has 1 heterocycles. The third-order valence-corrected chi connectivity index (χ3v) is 2.75. The van der Waals surface area contributed by atoms with Crippen LogP contribution in [-0.4, -0.2) is 0 Å². The molecule has 13 heavy (non-hydrogen) atoms. The molecule has 2 rings (SSSR count). The third kappa shape index (κ3) is 1.77. The van der Waals surface area contributed by atoms with Crippen LogP contribution in [-0.2, 0) is 0 Å². The van der Waals surface area contributed by atoms with Crippen LogP contribution < -0.4 is 0 Å². The van der Waals surface area contributed by atoms with Crippen LogP contribution >= 0.6 is 22.6 Å². The Labute approximate surface area is 90.9 Å². The van der Waals surface area contributed by atoms with Crippen LogP contribution in [0.1, 0.15) is 5.56 Å². The second kappa shape index (κ2) is 3.54. The van der Waals surface area contributed by atoms with E-state index in [-0.39, 0.29) is 0 Å². The van der Waals surface area contributed by atoms with Crippen molar-refractivity contribution in [2.75, 3.05) is 0 Å². The van der Waals surface area contributed by atoms with Gasteiger partial charge >= 0.3 is 0 Å². The Morgan fingerprint density at radius 1 is 1.23 bits per heavy atom. The zero-order chi connectivity index (χ0) is 9.26. The minimum absolute atomic E-state index is 0.962. The highest BCUT2D eigenvalue weighted by atomic mass is 127. The van der Waals surface area contributed by atoms with Gasteiger partial charge < -0.3 is 4.42 Å². The first-order valence-corrected chi connectivity index (χ1v) is 5.15. The molecule has 0 aliphatic carbocycles. The standard InChI is InChI=1S/C11H9IO/c1-8-3-2-4-9(7-8)11-10(12)5-6-13-11/h2-7H,1H3. The summed E-state index contributed by atoms with van der Waals surface area (Å²) in [6.07, 6.45) is 1.72. The molecule has 0 atom stereocenters. The predicted octanol–water partition coefficient (Wildman–Crippen LogP) is 3.86. The van der Waals surface area contributed by atoms with Crippen molar-refractivity contribution in [1.82, 2.24) is 0 Å². The molecular weight excluding hydrogens is 275 g/mol. The van der Waals surface area contributed by atoms with Gasteiger partial charge in [0.15, 0.2) is 0 Å². The highest BCUT2D eigenvalue weighted by Gasteiger charge is 2.05. The van der Waals surface area contributed by atoms with E-state index in [0.717, 1.165) is 14.9 Å². The topological polar surface area (TPSA) is 13.1 Å². The quantitative estimate of drug-likeness (QED) is 0.725. The summed E-state index contributed by atoms with van der Waals surface area (Å²) in [5, 5.41) is 0. The summed E-state index contributed by atoms with van der Waals surface area (Å²) in [7, 11) is 0.